The van der Waals surface area contributed by atoms with Gasteiger partial charge in [0.05, 0.1) is 11.9 Å². The number of likely N-dealkylation sites (N-methyl/N-ethyl adjacent to an activating group) is 2. The highest BCUT2D eigenvalue weighted by molar-refractivity contribution is 6.33. The minimum absolute atomic E-state index is 0.216. The van der Waals surface area contributed by atoms with E-state index in [9.17, 15) is 13.2 Å². The van der Waals surface area contributed by atoms with Gasteiger partial charge in [0.15, 0.2) is 10.8 Å². The first-order valence-electron chi connectivity index (χ1n) is 9.99. The Labute approximate surface area is 179 Å². The number of imidazole rings is 1. The topological polar surface area (TPSA) is 50.1 Å². The van der Waals surface area contributed by atoms with Gasteiger partial charge in [-0.2, -0.15) is 13.2 Å². The molecule has 0 spiro atoms. The first kappa shape index (κ1) is 22.7. The van der Waals surface area contributed by atoms with Crippen molar-refractivity contribution < 1.29 is 13.2 Å². The van der Waals surface area contributed by atoms with Crippen molar-refractivity contribution in [3.63, 3.8) is 0 Å². The molecule has 0 amide bonds. The van der Waals surface area contributed by atoms with Crippen LogP contribution in [-0.4, -0.2) is 74.8 Å². The fourth-order valence-corrected chi connectivity index (χ4v) is 3.78. The van der Waals surface area contributed by atoms with Crippen molar-refractivity contribution in [1.82, 2.24) is 29.3 Å². The van der Waals surface area contributed by atoms with Crippen LogP contribution in [0.2, 0.25) is 5.15 Å². The number of fused-ring (bicyclic) bond motifs is 1. The molecular formula is C20H26ClF3N6. The average molecular weight is 443 g/mol. The van der Waals surface area contributed by atoms with Crippen LogP contribution < -0.4 is 0 Å². The lowest BCUT2D eigenvalue weighted by Gasteiger charge is -2.32. The quantitative estimate of drug-likeness (QED) is 0.550. The molecule has 0 radical (unpaired) electrons. The fourth-order valence-electron chi connectivity index (χ4n) is 3.60. The smallest absolute Gasteiger partial charge is 0.315 e. The molecule has 1 atom stereocenters. The molecule has 6 nitrogen and oxygen atoms in total. The largest absolute Gasteiger partial charge is 0.416 e. The van der Waals surface area contributed by atoms with Gasteiger partial charge in [-0.15, -0.1) is 0 Å². The molecule has 2 heterocycles. The third-order valence-electron chi connectivity index (χ3n) is 5.31. The van der Waals surface area contributed by atoms with E-state index >= 15 is 0 Å². The summed E-state index contributed by atoms with van der Waals surface area (Å²) in [5.74, 6) is 0. The summed E-state index contributed by atoms with van der Waals surface area (Å²) < 4.78 is 41.0. The Balaban J connectivity index is 1.47. The second-order valence-corrected chi connectivity index (χ2v) is 7.74. The maximum atomic E-state index is 13.0. The zero-order valence-electron chi connectivity index (χ0n) is 17.1. The van der Waals surface area contributed by atoms with E-state index in [1.165, 1.54) is 18.5 Å². The molecule has 0 aliphatic heterocycles. The Morgan fingerprint density at radius 1 is 1.20 bits per heavy atom. The lowest BCUT2D eigenvalue weighted by molar-refractivity contribution is -0.0891. The number of hydrogen-bond acceptors (Lipinski definition) is 5. The number of halogens is 4. The second kappa shape index (κ2) is 9.89. The van der Waals surface area contributed by atoms with E-state index in [1.54, 1.807) is 12.4 Å². The zero-order chi connectivity index (χ0) is 21.7. The molecule has 0 saturated heterocycles. The summed E-state index contributed by atoms with van der Waals surface area (Å²) in [4.78, 5) is 16.7. The third kappa shape index (κ3) is 5.59. The Morgan fingerprint density at radius 2 is 2.00 bits per heavy atom. The van der Waals surface area contributed by atoms with Gasteiger partial charge in [-0.05, 0) is 33.0 Å². The van der Waals surface area contributed by atoms with Crippen LogP contribution in [-0.2, 0) is 6.54 Å². The number of aromatic nitrogens is 4. The Bertz CT molecular complexity index is 908. The van der Waals surface area contributed by atoms with Gasteiger partial charge >= 0.3 is 6.18 Å². The van der Waals surface area contributed by atoms with Crippen LogP contribution in [0.25, 0.3) is 11.2 Å². The summed E-state index contributed by atoms with van der Waals surface area (Å²) in [5.41, 5.74) is 0.758. The number of rotatable bonds is 9. The van der Waals surface area contributed by atoms with Crippen molar-refractivity contribution in [1.29, 1.82) is 0 Å². The Kier molecular flexibility index (Phi) is 7.49. The Morgan fingerprint density at radius 3 is 2.73 bits per heavy atom. The minimum atomic E-state index is -4.29. The molecule has 2 aromatic rings. The predicted molar refractivity (Wildman–Crippen MR) is 111 cm³/mol. The average Bonchev–Trinajstić information content (AvgIpc) is 3.12. The van der Waals surface area contributed by atoms with Gasteiger partial charge in [0.1, 0.15) is 11.8 Å². The number of alkyl halides is 3. The van der Waals surface area contributed by atoms with E-state index in [4.69, 9.17) is 11.6 Å². The lowest BCUT2D eigenvalue weighted by atomic mass is 10.0. The van der Waals surface area contributed by atoms with Crippen LogP contribution in [0.3, 0.4) is 0 Å². The van der Waals surface area contributed by atoms with E-state index in [1.807, 2.05) is 18.5 Å². The molecule has 3 rings (SSSR count). The molecule has 0 saturated carbocycles. The van der Waals surface area contributed by atoms with Crippen molar-refractivity contribution in [3.05, 3.63) is 41.6 Å². The maximum Gasteiger partial charge on any atom is 0.416 e. The molecule has 0 N–H and O–H groups in total. The highest BCUT2D eigenvalue weighted by atomic mass is 35.5. The van der Waals surface area contributed by atoms with Crippen LogP contribution in [0, 0.1) is 0 Å². The van der Waals surface area contributed by atoms with Crippen molar-refractivity contribution >= 4 is 22.8 Å². The number of allylic oxidation sites excluding steroid dienone is 2. The molecule has 0 bridgehead atoms. The molecular weight excluding hydrogens is 417 g/mol. The van der Waals surface area contributed by atoms with Gasteiger partial charge < -0.3 is 9.47 Å². The van der Waals surface area contributed by atoms with Crippen LogP contribution in [0.1, 0.15) is 19.8 Å². The van der Waals surface area contributed by atoms with E-state index in [-0.39, 0.29) is 6.04 Å². The molecule has 10 heteroatoms. The second-order valence-electron chi connectivity index (χ2n) is 7.39. The molecule has 2 aromatic heterocycles. The number of aryl methyl sites for hydroxylation is 1. The molecule has 164 valence electrons. The summed E-state index contributed by atoms with van der Waals surface area (Å²) in [6.07, 6.45) is 4.48. The summed E-state index contributed by atoms with van der Waals surface area (Å²) in [6, 6.07) is -0.216. The van der Waals surface area contributed by atoms with Gasteiger partial charge in [-0.25, -0.2) is 15.0 Å². The standard InChI is InChI=1S/C20H26ClF3N6/c1-3-29(16-7-4-6-15(12-16)20(22,23)24)11-10-28(2)8-5-9-30-14-27-17-18(21)25-13-26-19(17)30/h4,6,12-14,16H,3,5,7-11H2,1-2H3. The van der Waals surface area contributed by atoms with Crippen molar-refractivity contribution in [2.24, 2.45) is 0 Å². The number of nitrogens with zero attached hydrogens (tertiary/aromatic N) is 6. The zero-order valence-corrected chi connectivity index (χ0v) is 17.9. The molecule has 1 aliphatic carbocycles. The van der Waals surface area contributed by atoms with Gasteiger partial charge in [-0.1, -0.05) is 36.8 Å². The molecule has 1 unspecified atom stereocenters. The molecule has 30 heavy (non-hydrogen) atoms. The van der Waals surface area contributed by atoms with Crippen LogP contribution in [0.4, 0.5) is 13.2 Å². The van der Waals surface area contributed by atoms with Crippen LogP contribution in [0.5, 0.6) is 0 Å². The van der Waals surface area contributed by atoms with Gasteiger partial charge in [0.25, 0.3) is 0 Å². The highest BCUT2D eigenvalue weighted by Crippen LogP contribution is 2.30. The molecule has 0 fully saturated rings. The third-order valence-corrected chi connectivity index (χ3v) is 5.59. The van der Waals surface area contributed by atoms with E-state index in [0.717, 1.165) is 26.1 Å². The predicted octanol–water partition coefficient (Wildman–Crippen LogP) is 3.94. The minimum Gasteiger partial charge on any atom is -0.315 e. The summed E-state index contributed by atoms with van der Waals surface area (Å²) in [5, 5.41) is 0.343. The van der Waals surface area contributed by atoms with E-state index in [2.05, 4.69) is 24.8 Å². The SMILES string of the molecule is CCN(CCN(C)CCCn1cnc2c(Cl)ncnc21)C1C=C(C(F)(F)F)C=CC1. The van der Waals surface area contributed by atoms with E-state index in [0.29, 0.717) is 35.8 Å². The van der Waals surface area contributed by atoms with Crippen molar-refractivity contribution in [2.75, 3.05) is 33.2 Å². The normalized spacial score (nSPS) is 17.3. The Hall–Kier alpha value is -1.97. The molecule has 0 aromatic carbocycles. The fraction of sp³-hybridized carbons (Fsp3) is 0.550. The van der Waals surface area contributed by atoms with Crippen molar-refractivity contribution in [2.45, 2.75) is 38.5 Å². The van der Waals surface area contributed by atoms with Gasteiger partial charge in [0.2, 0.25) is 0 Å². The van der Waals surface area contributed by atoms with Crippen molar-refractivity contribution in [3.8, 4) is 0 Å². The maximum absolute atomic E-state index is 13.0. The monoisotopic (exact) mass is 442 g/mol. The van der Waals surface area contributed by atoms with Gasteiger partial charge in [-0.3, -0.25) is 4.90 Å². The summed E-state index contributed by atoms with van der Waals surface area (Å²) >= 11 is 6.03. The lowest BCUT2D eigenvalue weighted by Crippen LogP contribution is -2.40. The summed E-state index contributed by atoms with van der Waals surface area (Å²) in [6.45, 7) is 5.78. The summed E-state index contributed by atoms with van der Waals surface area (Å²) in [7, 11) is 2.02. The number of hydrogen-bond donors (Lipinski definition) is 0. The highest BCUT2D eigenvalue weighted by Gasteiger charge is 2.34. The first-order chi connectivity index (χ1) is 14.3. The molecule has 1 aliphatic rings. The first-order valence-corrected chi connectivity index (χ1v) is 10.4. The van der Waals surface area contributed by atoms with E-state index < -0.39 is 11.7 Å². The van der Waals surface area contributed by atoms with Crippen LogP contribution >= 0.6 is 11.6 Å². The van der Waals surface area contributed by atoms with Crippen LogP contribution in [0.15, 0.2) is 36.5 Å². The van der Waals surface area contributed by atoms with Gasteiger partial charge in [0, 0.05) is 25.7 Å².